The average molecular weight is 241 g/mol. The number of hydrogen-bond acceptors (Lipinski definition) is 2. The van der Waals surface area contributed by atoms with E-state index in [-0.39, 0.29) is 11.8 Å². The zero-order valence-electron chi connectivity index (χ0n) is 10.2. The summed E-state index contributed by atoms with van der Waals surface area (Å²) in [5.74, 6) is 0.359. The van der Waals surface area contributed by atoms with Gasteiger partial charge in [-0.15, -0.1) is 0 Å². The van der Waals surface area contributed by atoms with Gasteiger partial charge in [0.05, 0.1) is 7.11 Å². The second-order valence-electron chi connectivity index (χ2n) is 4.69. The van der Waals surface area contributed by atoms with Crippen LogP contribution in [0, 0.1) is 5.92 Å². The fraction of sp³-hybridized carbons (Fsp3) is 0.267. The molecule has 3 nitrogen and oxygen atoms in total. The zero-order valence-corrected chi connectivity index (χ0v) is 10.2. The highest BCUT2D eigenvalue weighted by molar-refractivity contribution is 5.89. The lowest BCUT2D eigenvalue weighted by molar-refractivity contribution is -0.132. The number of hydroxylamine groups is 1. The molecule has 0 heterocycles. The smallest absolute Gasteiger partial charge is 0.247 e. The first-order chi connectivity index (χ1) is 8.81. The Hall–Kier alpha value is -1.87. The normalized spacial score (nSPS) is 21.8. The van der Waals surface area contributed by atoms with Gasteiger partial charge >= 0.3 is 0 Å². The van der Waals surface area contributed by atoms with Crippen LogP contribution in [0.25, 0.3) is 10.8 Å². The first kappa shape index (κ1) is 11.2. The summed E-state index contributed by atoms with van der Waals surface area (Å²) in [6, 6.07) is 14.6. The van der Waals surface area contributed by atoms with E-state index < -0.39 is 0 Å². The number of carbonyl (C=O) groups excluding carboxylic acids is 1. The second kappa shape index (κ2) is 4.42. The predicted octanol–water partition coefficient (Wildman–Crippen LogP) is 2.62. The maximum atomic E-state index is 11.7. The van der Waals surface area contributed by atoms with Crippen LogP contribution in [0.15, 0.2) is 42.5 Å². The molecule has 18 heavy (non-hydrogen) atoms. The zero-order chi connectivity index (χ0) is 12.5. The molecule has 3 rings (SSSR count). The number of benzene rings is 2. The highest BCUT2D eigenvalue weighted by Crippen LogP contribution is 2.49. The lowest BCUT2D eigenvalue weighted by Crippen LogP contribution is -2.23. The molecule has 1 aliphatic rings. The Kier molecular flexibility index (Phi) is 2.76. The van der Waals surface area contributed by atoms with Crippen LogP contribution in [0.5, 0.6) is 0 Å². The summed E-state index contributed by atoms with van der Waals surface area (Å²) >= 11 is 0. The van der Waals surface area contributed by atoms with Crippen molar-refractivity contribution in [2.45, 2.75) is 12.3 Å². The van der Waals surface area contributed by atoms with Crippen LogP contribution in [-0.2, 0) is 9.63 Å². The minimum absolute atomic E-state index is 0.0181. The Morgan fingerprint density at radius 1 is 1.22 bits per heavy atom. The number of hydrogen-bond donors (Lipinski definition) is 1. The molecule has 1 aliphatic carbocycles. The third-order valence-corrected chi connectivity index (χ3v) is 3.55. The second-order valence-corrected chi connectivity index (χ2v) is 4.69. The number of nitrogens with one attached hydrogen (secondary N) is 1. The van der Waals surface area contributed by atoms with E-state index in [1.54, 1.807) is 0 Å². The summed E-state index contributed by atoms with van der Waals surface area (Å²) < 4.78 is 0. The molecule has 1 saturated carbocycles. The first-order valence-corrected chi connectivity index (χ1v) is 6.12. The van der Waals surface area contributed by atoms with Gasteiger partial charge in [0.2, 0.25) is 5.91 Å². The first-order valence-electron chi connectivity index (χ1n) is 6.12. The Balaban J connectivity index is 1.91. The molecule has 1 amide bonds. The maximum absolute atomic E-state index is 11.7. The molecule has 1 N–H and O–H groups in total. The fourth-order valence-electron chi connectivity index (χ4n) is 2.58. The molecule has 2 atom stereocenters. The van der Waals surface area contributed by atoms with Crippen LogP contribution in [0.1, 0.15) is 17.9 Å². The Labute approximate surface area is 106 Å². The monoisotopic (exact) mass is 241 g/mol. The van der Waals surface area contributed by atoms with E-state index in [2.05, 4.69) is 40.6 Å². The molecule has 0 saturated heterocycles. The largest absolute Gasteiger partial charge is 0.277 e. The summed E-state index contributed by atoms with van der Waals surface area (Å²) in [6.45, 7) is 0. The number of fused-ring (bicyclic) bond motifs is 1. The molecule has 2 aromatic carbocycles. The van der Waals surface area contributed by atoms with Crippen LogP contribution in [0.3, 0.4) is 0 Å². The summed E-state index contributed by atoms with van der Waals surface area (Å²) in [7, 11) is 1.47. The van der Waals surface area contributed by atoms with Gasteiger partial charge in [-0.05, 0) is 28.7 Å². The van der Waals surface area contributed by atoms with Crippen LogP contribution in [0.4, 0.5) is 0 Å². The molecule has 0 aliphatic heterocycles. The highest BCUT2D eigenvalue weighted by Gasteiger charge is 2.44. The lowest BCUT2D eigenvalue weighted by Gasteiger charge is -2.06. The minimum Gasteiger partial charge on any atom is -0.277 e. The van der Waals surface area contributed by atoms with E-state index in [0.717, 1.165) is 6.42 Å². The standard InChI is InChI=1S/C15H15NO2/c1-18-16-15(17)14-9-13(14)12-8-4-6-10-5-2-3-7-11(10)12/h2-8,13-14H,9H2,1H3,(H,16,17)/t13-,14+/m0/s1. The Morgan fingerprint density at radius 2 is 2.00 bits per heavy atom. The van der Waals surface area contributed by atoms with Crippen LogP contribution in [0.2, 0.25) is 0 Å². The predicted molar refractivity (Wildman–Crippen MR) is 69.9 cm³/mol. The molecule has 1 fully saturated rings. The molecule has 0 aromatic heterocycles. The quantitative estimate of drug-likeness (QED) is 0.839. The average Bonchev–Trinajstić information content (AvgIpc) is 3.18. The van der Waals surface area contributed by atoms with Crippen LogP contribution < -0.4 is 5.48 Å². The van der Waals surface area contributed by atoms with E-state index in [9.17, 15) is 4.79 Å². The minimum atomic E-state index is -0.0181. The van der Waals surface area contributed by atoms with E-state index in [0.29, 0.717) is 5.92 Å². The van der Waals surface area contributed by atoms with Crippen molar-refractivity contribution in [1.82, 2.24) is 5.48 Å². The number of amides is 1. The fourth-order valence-corrected chi connectivity index (χ4v) is 2.58. The van der Waals surface area contributed by atoms with Gasteiger partial charge in [0.25, 0.3) is 0 Å². The summed E-state index contributed by atoms with van der Waals surface area (Å²) in [4.78, 5) is 16.4. The molecule has 92 valence electrons. The number of carbonyl (C=O) groups is 1. The van der Waals surface area contributed by atoms with Crippen molar-refractivity contribution in [2.24, 2.45) is 5.92 Å². The summed E-state index contributed by atoms with van der Waals surface area (Å²) in [5.41, 5.74) is 3.68. The van der Waals surface area contributed by atoms with Crippen molar-refractivity contribution in [2.75, 3.05) is 7.11 Å². The third kappa shape index (κ3) is 1.87. The summed E-state index contributed by atoms with van der Waals surface area (Å²) in [6.07, 6.45) is 0.906. The van der Waals surface area contributed by atoms with Gasteiger partial charge in [0.15, 0.2) is 0 Å². The molecule has 2 aromatic rings. The van der Waals surface area contributed by atoms with Gasteiger partial charge in [-0.2, -0.15) is 0 Å². The summed E-state index contributed by atoms with van der Waals surface area (Å²) in [5, 5.41) is 2.48. The van der Waals surface area contributed by atoms with Crippen LogP contribution >= 0.6 is 0 Å². The lowest BCUT2D eigenvalue weighted by atomic mass is 10.00. The molecular formula is C15H15NO2. The molecule has 0 radical (unpaired) electrons. The van der Waals surface area contributed by atoms with Crippen molar-refractivity contribution in [3.63, 3.8) is 0 Å². The van der Waals surface area contributed by atoms with Gasteiger partial charge in [-0.1, -0.05) is 42.5 Å². The topological polar surface area (TPSA) is 38.3 Å². The van der Waals surface area contributed by atoms with E-state index in [4.69, 9.17) is 0 Å². The van der Waals surface area contributed by atoms with Crippen molar-refractivity contribution in [3.05, 3.63) is 48.0 Å². The van der Waals surface area contributed by atoms with Crippen molar-refractivity contribution >= 4 is 16.7 Å². The van der Waals surface area contributed by atoms with Crippen molar-refractivity contribution in [3.8, 4) is 0 Å². The third-order valence-electron chi connectivity index (χ3n) is 3.55. The van der Waals surface area contributed by atoms with Crippen molar-refractivity contribution in [1.29, 1.82) is 0 Å². The SMILES string of the molecule is CONC(=O)[C@@H]1C[C@H]1c1cccc2ccccc12. The number of rotatable bonds is 3. The Morgan fingerprint density at radius 3 is 2.83 bits per heavy atom. The van der Waals surface area contributed by atoms with E-state index >= 15 is 0 Å². The maximum Gasteiger partial charge on any atom is 0.247 e. The molecule has 3 heteroatoms. The van der Waals surface area contributed by atoms with Crippen molar-refractivity contribution < 1.29 is 9.63 Å². The molecule has 0 unspecified atom stereocenters. The highest BCUT2D eigenvalue weighted by atomic mass is 16.6. The van der Waals surface area contributed by atoms with Gasteiger partial charge in [-0.3, -0.25) is 9.63 Å². The van der Waals surface area contributed by atoms with Gasteiger partial charge in [0, 0.05) is 5.92 Å². The van der Waals surface area contributed by atoms with Gasteiger partial charge in [-0.25, -0.2) is 5.48 Å². The van der Waals surface area contributed by atoms with E-state index in [1.165, 1.54) is 23.4 Å². The Bertz CT molecular complexity index is 589. The molecule has 0 spiro atoms. The molecular weight excluding hydrogens is 226 g/mol. The van der Waals surface area contributed by atoms with E-state index in [1.807, 2.05) is 12.1 Å². The van der Waals surface area contributed by atoms with Crippen LogP contribution in [-0.4, -0.2) is 13.0 Å². The van der Waals surface area contributed by atoms with Gasteiger partial charge in [0.1, 0.15) is 0 Å². The molecule has 0 bridgehead atoms. The van der Waals surface area contributed by atoms with Gasteiger partial charge < -0.3 is 0 Å².